The molecule has 0 aliphatic heterocycles. The zero-order chi connectivity index (χ0) is 6.69. The van der Waals surface area contributed by atoms with Gasteiger partial charge in [-0.1, -0.05) is 0 Å². The molecule has 0 amide bonds. The predicted molar refractivity (Wildman–Crippen MR) is 29.8 cm³/mol. The van der Waals surface area contributed by atoms with E-state index < -0.39 is 0 Å². The monoisotopic (exact) mass is 316 g/mol. The first-order valence-corrected chi connectivity index (χ1v) is 4.08. The predicted octanol–water partition coefficient (Wildman–Crippen LogP) is -0.350. The van der Waals surface area contributed by atoms with Crippen molar-refractivity contribution in [2.75, 3.05) is 0 Å². The summed E-state index contributed by atoms with van der Waals surface area (Å²) in [6, 6.07) is 1.57. The normalized spacial score (nSPS) is 8.78. The van der Waals surface area contributed by atoms with Crippen molar-refractivity contribution in [3.05, 3.63) is 18.0 Å². The fourth-order valence-electron chi connectivity index (χ4n) is 0.433. The molecule has 0 radical (unpaired) electrons. The molecule has 0 spiro atoms. The molecule has 1 aromatic heterocycles. The molecule has 1 N–H and O–H groups in total. The van der Waals surface area contributed by atoms with Crippen molar-refractivity contribution in [3.63, 3.8) is 0 Å². The summed E-state index contributed by atoms with van der Waals surface area (Å²) < 4.78 is 4.55. The Bertz CT molecular complexity index is 196. The molecule has 0 aliphatic carbocycles. The number of carbonyl (C=O) groups is 1. The van der Waals surface area contributed by atoms with Gasteiger partial charge < -0.3 is 0 Å². The molecule has 1 aromatic rings. The molecule has 0 saturated carbocycles. The van der Waals surface area contributed by atoms with Gasteiger partial charge in [-0.15, -0.1) is 0 Å². The summed E-state index contributed by atoms with van der Waals surface area (Å²) >= 11 is 0.241. The van der Waals surface area contributed by atoms with Crippen LogP contribution in [-0.2, 0) is 2.69 Å². The molecule has 5 heteroatoms. The third kappa shape index (κ3) is 1.50. The molecule has 0 aliphatic rings. The number of rotatable bonds is 1. The van der Waals surface area contributed by atoms with Crippen LogP contribution in [0.1, 0.15) is 10.5 Å². The number of nitrogens with one attached hydrogen (secondary N) is 1. The first-order chi connectivity index (χ1) is 4.34. The van der Waals surface area contributed by atoms with E-state index in [9.17, 15) is 4.79 Å². The third-order valence-electron chi connectivity index (χ3n) is 0.828. The van der Waals surface area contributed by atoms with Crippen LogP contribution < -0.4 is 0 Å². The Morgan fingerprint density at radius 1 is 1.89 bits per heavy atom. The average Bonchev–Trinajstić information content (AvgIpc) is 2.37. The van der Waals surface area contributed by atoms with Crippen LogP contribution in [0.3, 0.4) is 0 Å². The Labute approximate surface area is 67.9 Å². The fourth-order valence-corrected chi connectivity index (χ4v) is 0.927. The molecule has 1 heterocycles. The molecule has 0 unspecified atom stereocenters. The van der Waals surface area contributed by atoms with E-state index >= 15 is 0 Å². The van der Waals surface area contributed by atoms with Crippen LogP contribution in [0, 0.1) is 0 Å². The van der Waals surface area contributed by atoms with Gasteiger partial charge in [-0.2, -0.15) is 0 Å². The van der Waals surface area contributed by atoms with E-state index in [2.05, 4.69) is 12.9 Å². The van der Waals surface area contributed by atoms with Crippen molar-refractivity contribution < 1.29 is 7.48 Å². The number of H-pyrrole nitrogens is 1. The van der Waals surface area contributed by atoms with Gasteiger partial charge in [-0.05, 0) is 0 Å². The number of hydrogen-bond donors (Lipinski definition) is 1. The van der Waals surface area contributed by atoms with Crippen LogP contribution in [0.25, 0.3) is 0 Å². The molecule has 0 atom stereocenters. The van der Waals surface area contributed by atoms with Gasteiger partial charge in [0, 0.05) is 0 Å². The van der Waals surface area contributed by atoms with Crippen LogP contribution in [0.15, 0.2) is 12.3 Å². The first-order valence-electron chi connectivity index (χ1n) is 2.25. The minimum atomic E-state index is -0.322. The number of aromatic nitrogens is 2. The molecule has 0 bridgehead atoms. The number of nitrogens with zero attached hydrogens (tertiary/aromatic N) is 1. The van der Waals surface area contributed by atoms with Crippen molar-refractivity contribution in [1.29, 1.82) is 0 Å². The van der Waals surface area contributed by atoms with Crippen LogP contribution in [0.5, 0.6) is 0 Å². The van der Waals surface area contributed by atoms with E-state index in [1.54, 1.807) is 6.07 Å². The standard InChI is InChI=1S/C4H4N2O2.Tl/c7-4(8)3-1-2-5-6-3;/h1-2H,(H,5,6)(H,7,8);/q;+1/p-1. The first kappa shape index (κ1) is 6.72. The van der Waals surface area contributed by atoms with Crippen LogP contribution in [0.4, 0.5) is 0 Å². The van der Waals surface area contributed by atoms with Crippen molar-refractivity contribution in [3.8, 4) is 0 Å². The molecule has 4 nitrogen and oxygen atoms in total. The van der Waals surface area contributed by atoms with Gasteiger partial charge in [0.05, 0.1) is 0 Å². The molecular formula is C4H3N2O2Tl. The molecule has 44 valence electrons. The maximum absolute atomic E-state index is 10.6. The van der Waals surface area contributed by atoms with Gasteiger partial charge >= 0.3 is 67.8 Å². The quantitative estimate of drug-likeness (QED) is 0.721. The second-order valence-corrected chi connectivity index (χ2v) is 2.29. The SMILES string of the molecule is O=C([O][Tl])c1ccn[nH]1. The number of aromatic amines is 1. The Kier molecular flexibility index (Phi) is 2.20. The third-order valence-corrected chi connectivity index (χ3v) is 1.66. The van der Waals surface area contributed by atoms with Crippen molar-refractivity contribution in [2.45, 2.75) is 0 Å². The van der Waals surface area contributed by atoms with E-state index in [-0.39, 0.29) is 32.2 Å². The summed E-state index contributed by atoms with van der Waals surface area (Å²) in [7, 11) is 0. The van der Waals surface area contributed by atoms with E-state index in [0.29, 0.717) is 5.69 Å². The van der Waals surface area contributed by atoms with Crippen molar-refractivity contribution in [1.82, 2.24) is 10.2 Å². The zero-order valence-electron chi connectivity index (χ0n) is 4.50. The summed E-state index contributed by atoms with van der Waals surface area (Å²) in [6.45, 7) is 0. The second kappa shape index (κ2) is 2.95. The molecule has 0 aromatic carbocycles. The van der Waals surface area contributed by atoms with Crippen molar-refractivity contribution in [2.24, 2.45) is 0 Å². The molecule has 1 rings (SSSR count). The van der Waals surface area contributed by atoms with Gasteiger partial charge in [0.15, 0.2) is 0 Å². The topological polar surface area (TPSA) is 55.0 Å². The van der Waals surface area contributed by atoms with E-state index in [1.165, 1.54) is 6.20 Å². The fraction of sp³-hybridized carbons (Fsp3) is 0. The van der Waals surface area contributed by atoms with Gasteiger partial charge in [-0.3, -0.25) is 0 Å². The Hall–Kier alpha value is -0.398. The summed E-state index contributed by atoms with van der Waals surface area (Å²) in [5.41, 5.74) is 0.414. The summed E-state index contributed by atoms with van der Waals surface area (Å²) in [4.78, 5) is 10.6. The number of hydrogen-bond acceptors (Lipinski definition) is 3. The van der Waals surface area contributed by atoms with Gasteiger partial charge in [0.2, 0.25) is 0 Å². The van der Waals surface area contributed by atoms with Gasteiger partial charge in [0.25, 0.3) is 0 Å². The molecule has 0 saturated heterocycles. The van der Waals surface area contributed by atoms with Crippen molar-refractivity contribution >= 4 is 32.2 Å². The Balaban J connectivity index is 2.77. The maximum atomic E-state index is 10.6. The van der Waals surface area contributed by atoms with Crippen LogP contribution >= 0.6 is 0 Å². The summed E-state index contributed by atoms with van der Waals surface area (Å²) in [6.07, 6.45) is 1.51. The van der Waals surface area contributed by atoms with Crippen LogP contribution in [0.2, 0.25) is 0 Å². The number of carbonyl (C=O) groups excluding carboxylic acids is 1. The molecule has 9 heavy (non-hydrogen) atoms. The van der Waals surface area contributed by atoms with Crippen LogP contribution in [-0.4, -0.2) is 42.4 Å². The Morgan fingerprint density at radius 3 is 3.11 bits per heavy atom. The van der Waals surface area contributed by atoms with Gasteiger partial charge in [-0.25, -0.2) is 0 Å². The Morgan fingerprint density at radius 2 is 2.67 bits per heavy atom. The molecule has 0 fully saturated rings. The van der Waals surface area contributed by atoms with E-state index in [4.69, 9.17) is 0 Å². The van der Waals surface area contributed by atoms with E-state index in [1.807, 2.05) is 0 Å². The second-order valence-electron chi connectivity index (χ2n) is 1.38. The average molecular weight is 315 g/mol. The summed E-state index contributed by atoms with van der Waals surface area (Å²) in [5.74, 6) is -0.322. The summed E-state index contributed by atoms with van der Waals surface area (Å²) in [5, 5.41) is 6.07. The van der Waals surface area contributed by atoms with Gasteiger partial charge in [0.1, 0.15) is 0 Å². The zero-order valence-corrected chi connectivity index (χ0v) is 8.98. The minimum absolute atomic E-state index is 0.241. The molecular weight excluding hydrogens is 312 g/mol. The van der Waals surface area contributed by atoms with E-state index in [0.717, 1.165) is 0 Å².